The second kappa shape index (κ2) is 13.2. The van der Waals surface area contributed by atoms with Crippen molar-refractivity contribution in [2.75, 3.05) is 52.4 Å². The summed E-state index contributed by atoms with van der Waals surface area (Å²) in [6, 6.07) is 6.29. The van der Waals surface area contributed by atoms with Gasteiger partial charge in [0.2, 0.25) is 0 Å². The molecule has 2 aromatic rings. The van der Waals surface area contributed by atoms with Crippen molar-refractivity contribution in [1.82, 2.24) is 19.6 Å². The van der Waals surface area contributed by atoms with Gasteiger partial charge in [0.1, 0.15) is 0 Å². The van der Waals surface area contributed by atoms with Crippen LogP contribution in [0.2, 0.25) is 0 Å². The van der Waals surface area contributed by atoms with E-state index in [4.69, 9.17) is 0 Å². The molecule has 0 aromatic heterocycles. The van der Waals surface area contributed by atoms with Crippen molar-refractivity contribution in [2.24, 2.45) is 0 Å². The van der Waals surface area contributed by atoms with E-state index in [0.717, 1.165) is 24.3 Å². The molecular formula is C29H30F12N4O3. The molecule has 7 nitrogen and oxygen atoms in total. The third kappa shape index (κ3) is 7.33. The maximum absolute atomic E-state index is 13.1. The van der Waals surface area contributed by atoms with E-state index < -0.39 is 47.0 Å². The quantitative estimate of drug-likeness (QED) is 0.395. The lowest BCUT2D eigenvalue weighted by Crippen LogP contribution is -2.56. The molecule has 0 atom stereocenters. The van der Waals surface area contributed by atoms with E-state index in [1.165, 1.54) is 0 Å². The normalized spacial score (nSPS) is 18.4. The number of piperazine rings is 2. The van der Waals surface area contributed by atoms with Crippen molar-refractivity contribution in [1.29, 1.82) is 0 Å². The number of urea groups is 1. The average Bonchev–Trinajstić information content (AvgIpc) is 2.99. The number of halogens is 12. The molecule has 2 heterocycles. The fraction of sp³-hybridized carbons (Fsp3) is 0.552. The average molecular weight is 711 g/mol. The molecule has 4 rings (SSSR count). The molecule has 19 heteroatoms. The van der Waals surface area contributed by atoms with Crippen LogP contribution in [0.15, 0.2) is 48.5 Å². The first-order valence-corrected chi connectivity index (χ1v) is 14.4. The minimum Gasteiger partial charge on any atom is -0.369 e. The molecule has 2 N–H and O–H groups in total. The molecule has 2 aromatic carbocycles. The monoisotopic (exact) mass is 710 g/mol. The summed E-state index contributed by atoms with van der Waals surface area (Å²) in [5.41, 5.74) is -12.0. The van der Waals surface area contributed by atoms with Gasteiger partial charge < -0.3 is 20.0 Å². The number of hydrogen-bond acceptors (Lipinski definition) is 5. The molecule has 2 fully saturated rings. The summed E-state index contributed by atoms with van der Waals surface area (Å²) in [6.45, 7) is 2.91. The number of aliphatic hydroxyl groups is 2. The van der Waals surface area contributed by atoms with Crippen LogP contribution in [0.4, 0.5) is 57.5 Å². The van der Waals surface area contributed by atoms with E-state index in [1.54, 1.807) is 9.80 Å². The van der Waals surface area contributed by atoms with E-state index in [2.05, 4.69) is 0 Å². The largest absolute Gasteiger partial charge is 0.430 e. The summed E-state index contributed by atoms with van der Waals surface area (Å²) in [6.07, 6.45) is -24.0. The zero-order valence-corrected chi connectivity index (χ0v) is 24.8. The van der Waals surface area contributed by atoms with Crippen molar-refractivity contribution < 1.29 is 67.7 Å². The second-order valence-electron chi connectivity index (χ2n) is 11.6. The number of carbonyl (C=O) groups is 1. The highest BCUT2D eigenvalue weighted by atomic mass is 19.4. The van der Waals surface area contributed by atoms with Crippen molar-refractivity contribution in [3.05, 3.63) is 70.8 Å². The van der Waals surface area contributed by atoms with Gasteiger partial charge in [-0.25, -0.2) is 4.79 Å². The number of alkyl halides is 12. The third-order valence-corrected chi connectivity index (χ3v) is 8.48. The lowest BCUT2D eigenvalue weighted by molar-refractivity contribution is -0.376. The first kappa shape index (κ1) is 37.5. The Kier molecular flexibility index (Phi) is 10.3. The van der Waals surface area contributed by atoms with E-state index in [1.807, 2.05) is 9.80 Å². The maximum Gasteiger partial charge on any atom is 0.430 e. The fourth-order valence-corrected chi connectivity index (χ4v) is 5.59. The van der Waals surface area contributed by atoms with Gasteiger partial charge in [0.15, 0.2) is 0 Å². The molecule has 2 saturated heterocycles. The van der Waals surface area contributed by atoms with Gasteiger partial charge in [-0.1, -0.05) is 48.5 Å². The predicted octanol–water partition coefficient (Wildman–Crippen LogP) is 5.37. The highest BCUT2D eigenvalue weighted by molar-refractivity contribution is 5.74. The van der Waals surface area contributed by atoms with E-state index in [-0.39, 0.29) is 45.3 Å². The Morgan fingerprint density at radius 2 is 0.729 bits per heavy atom. The Morgan fingerprint density at radius 1 is 0.479 bits per heavy atom. The van der Waals surface area contributed by atoms with Gasteiger partial charge in [0.25, 0.3) is 11.2 Å². The Labute approximate surface area is 265 Å². The first-order valence-electron chi connectivity index (χ1n) is 14.4. The van der Waals surface area contributed by atoms with Gasteiger partial charge >= 0.3 is 30.7 Å². The van der Waals surface area contributed by atoms with E-state index in [0.29, 0.717) is 61.6 Å². The van der Waals surface area contributed by atoms with Crippen LogP contribution in [-0.2, 0) is 24.3 Å². The second-order valence-corrected chi connectivity index (χ2v) is 11.6. The molecule has 0 spiro atoms. The van der Waals surface area contributed by atoms with Crippen molar-refractivity contribution in [3.8, 4) is 0 Å². The molecule has 0 aliphatic carbocycles. The highest BCUT2D eigenvalue weighted by Crippen LogP contribution is 2.51. The van der Waals surface area contributed by atoms with E-state index >= 15 is 0 Å². The van der Waals surface area contributed by atoms with Crippen LogP contribution in [0.1, 0.15) is 22.3 Å². The van der Waals surface area contributed by atoms with Gasteiger partial charge in [0, 0.05) is 76.6 Å². The van der Waals surface area contributed by atoms with Crippen molar-refractivity contribution in [2.45, 2.75) is 49.0 Å². The first-order chi connectivity index (χ1) is 22.0. The lowest BCUT2D eigenvalue weighted by Gasteiger charge is -2.40. The van der Waals surface area contributed by atoms with Crippen LogP contribution in [0, 0.1) is 0 Å². The van der Waals surface area contributed by atoms with Crippen LogP contribution in [0.5, 0.6) is 0 Å². The van der Waals surface area contributed by atoms with Crippen LogP contribution in [0.3, 0.4) is 0 Å². The minimum absolute atomic E-state index is 0.171. The Morgan fingerprint density at radius 3 is 0.958 bits per heavy atom. The molecule has 0 bridgehead atoms. The Balaban J connectivity index is 1.25. The van der Waals surface area contributed by atoms with Crippen molar-refractivity contribution in [3.63, 3.8) is 0 Å². The molecule has 2 aliphatic heterocycles. The summed E-state index contributed by atoms with van der Waals surface area (Å²) in [5, 5.41) is 19.1. The third-order valence-electron chi connectivity index (χ3n) is 8.48. The molecule has 268 valence electrons. The minimum atomic E-state index is -5.99. The van der Waals surface area contributed by atoms with Gasteiger partial charge in [0.05, 0.1) is 0 Å². The zero-order valence-electron chi connectivity index (χ0n) is 24.8. The van der Waals surface area contributed by atoms with Gasteiger partial charge in [-0.15, -0.1) is 0 Å². The topological polar surface area (TPSA) is 70.5 Å². The van der Waals surface area contributed by atoms with Gasteiger partial charge in [-0.05, 0) is 11.1 Å². The van der Waals surface area contributed by atoms with Crippen LogP contribution in [-0.4, -0.2) is 113 Å². The summed E-state index contributed by atoms with van der Waals surface area (Å²) < 4.78 is 158. The summed E-state index contributed by atoms with van der Waals surface area (Å²) in [7, 11) is 0. The molecule has 0 saturated carbocycles. The summed E-state index contributed by atoms with van der Waals surface area (Å²) >= 11 is 0. The fourth-order valence-electron chi connectivity index (χ4n) is 5.59. The van der Waals surface area contributed by atoms with Crippen LogP contribution in [0.25, 0.3) is 0 Å². The smallest absolute Gasteiger partial charge is 0.369 e. The molecule has 0 radical (unpaired) electrons. The number of benzene rings is 2. The summed E-state index contributed by atoms with van der Waals surface area (Å²) in [5.74, 6) is 0. The van der Waals surface area contributed by atoms with Gasteiger partial charge in [-0.3, -0.25) is 9.80 Å². The molecule has 48 heavy (non-hydrogen) atoms. The zero-order chi connectivity index (χ0) is 35.9. The SMILES string of the molecule is O=C(N1CCN(Cc2ccc(C(O)(C(F)(F)F)C(F)(F)F)cc2)CC1)N1CCN(Cc2ccc(C(O)(C(F)(F)F)C(F)(F)F)cc2)CC1. The predicted molar refractivity (Wildman–Crippen MR) is 144 cm³/mol. The van der Waals surface area contributed by atoms with Crippen LogP contribution < -0.4 is 0 Å². The number of carbonyl (C=O) groups excluding carboxylic acids is 1. The highest BCUT2D eigenvalue weighted by Gasteiger charge is 2.72. The number of nitrogens with zero attached hydrogens (tertiary/aromatic N) is 4. The van der Waals surface area contributed by atoms with Crippen LogP contribution >= 0.6 is 0 Å². The summed E-state index contributed by atoms with van der Waals surface area (Å²) in [4.78, 5) is 19.9. The van der Waals surface area contributed by atoms with E-state index in [9.17, 15) is 67.7 Å². The molecule has 2 amide bonds. The molecule has 2 aliphatic rings. The Hall–Kier alpha value is -3.29. The van der Waals surface area contributed by atoms with Gasteiger partial charge in [-0.2, -0.15) is 52.7 Å². The molecular weight excluding hydrogens is 680 g/mol. The standard InChI is InChI=1S/C29H30F12N4O3/c30-26(31,32)24(47,27(33,34)35)21-5-1-19(2-6-21)17-42-9-13-44(14-10-42)23(46)45-15-11-43(12-16-45)18-20-3-7-22(8-4-20)25(48,28(36,37)38)29(39,40)41/h1-8,47-48H,9-18H2. The van der Waals surface area contributed by atoms with Crippen molar-refractivity contribution >= 4 is 6.03 Å². The Bertz CT molecular complexity index is 1260. The number of amides is 2. The maximum atomic E-state index is 13.1. The number of hydrogen-bond donors (Lipinski definition) is 2. The lowest BCUT2D eigenvalue weighted by atomic mass is 9.91. The number of rotatable bonds is 6. The molecule has 0 unspecified atom stereocenters.